The quantitative estimate of drug-likeness (QED) is 0.845. The summed E-state index contributed by atoms with van der Waals surface area (Å²) in [6.07, 6.45) is 1.75. The number of nitrogens with zero attached hydrogens (tertiary/aromatic N) is 2. The first-order chi connectivity index (χ1) is 7.75. The van der Waals surface area contributed by atoms with Gasteiger partial charge < -0.3 is 11.1 Å². The van der Waals surface area contributed by atoms with Crippen LogP contribution in [0.5, 0.6) is 0 Å². The molecule has 0 atom stereocenters. The van der Waals surface area contributed by atoms with Gasteiger partial charge in [0.15, 0.2) is 0 Å². The summed E-state index contributed by atoms with van der Waals surface area (Å²) in [5.41, 5.74) is 8.46. The monoisotopic (exact) mass is 234 g/mol. The summed E-state index contributed by atoms with van der Waals surface area (Å²) in [6, 6.07) is 3.69. The van der Waals surface area contributed by atoms with Crippen molar-refractivity contribution in [1.29, 1.82) is 0 Å². The Labute approximate surface area is 98.6 Å². The molecule has 0 spiro atoms. The van der Waals surface area contributed by atoms with Crippen molar-refractivity contribution in [3.05, 3.63) is 40.1 Å². The van der Waals surface area contributed by atoms with Crippen molar-refractivity contribution >= 4 is 17.0 Å². The van der Waals surface area contributed by atoms with Gasteiger partial charge in [-0.2, -0.15) is 0 Å². The van der Waals surface area contributed by atoms with Gasteiger partial charge in [0, 0.05) is 24.7 Å². The molecule has 2 heterocycles. The van der Waals surface area contributed by atoms with Crippen LogP contribution in [0.3, 0.4) is 0 Å². The molecule has 5 heteroatoms. The third-order valence-electron chi connectivity index (χ3n) is 2.19. The molecule has 2 aromatic heterocycles. The molecule has 0 saturated heterocycles. The van der Waals surface area contributed by atoms with Crippen LogP contribution in [0.25, 0.3) is 0 Å². The molecule has 0 radical (unpaired) electrons. The maximum atomic E-state index is 5.79. The minimum atomic E-state index is 0.670. The SMILES string of the molecule is Cc1nc(CNCc2ncccc2N)cs1. The van der Waals surface area contributed by atoms with Crippen LogP contribution in [0.1, 0.15) is 16.4 Å². The molecule has 0 unspecified atom stereocenters. The average molecular weight is 234 g/mol. The summed E-state index contributed by atoms with van der Waals surface area (Å²) in [5.74, 6) is 0. The number of nitrogens with two attached hydrogens (primary N) is 1. The van der Waals surface area contributed by atoms with Crippen molar-refractivity contribution in [1.82, 2.24) is 15.3 Å². The van der Waals surface area contributed by atoms with E-state index in [4.69, 9.17) is 5.73 Å². The molecule has 2 rings (SSSR count). The highest BCUT2D eigenvalue weighted by molar-refractivity contribution is 7.09. The van der Waals surface area contributed by atoms with Crippen molar-refractivity contribution in [2.75, 3.05) is 5.73 Å². The van der Waals surface area contributed by atoms with Gasteiger partial charge in [-0.25, -0.2) is 4.98 Å². The van der Waals surface area contributed by atoms with Crippen LogP contribution in [0.15, 0.2) is 23.7 Å². The average Bonchev–Trinajstić information content (AvgIpc) is 2.67. The highest BCUT2D eigenvalue weighted by Gasteiger charge is 2.00. The molecule has 2 aromatic rings. The lowest BCUT2D eigenvalue weighted by atomic mass is 10.3. The van der Waals surface area contributed by atoms with Gasteiger partial charge in [-0.15, -0.1) is 11.3 Å². The van der Waals surface area contributed by atoms with Crippen molar-refractivity contribution < 1.29 is 0 Å². The molecule has 16 heavy (non-hydrogen) atoms. The minimum absolute atomic E-state index is 0.670. The third-order valence-corrected chi connectivity index (χ3v) is 3.01. The normalized spacial score (nSPS) is 10.6. The number of anilines is 1. The summed E-state index contributed by atoms with van der Waals surface area (Å²) < 4.78 is 0. The van der Waals surface area contributed by atoms with Crippen molar-refractivity contribution in [3.8, 4) is 0 Å². The lowest BCUT2D eigenvalue weighted by Gasteiger charge is -2.04. The Balaban J connectivity index is 1.87. The van der Waals surface area contributed by atoms with E-state index in [0.717, 1.165) is 28.6 Å². The van der Waals surface area contributed by atoms with E-state index in [1.54, 1.807) is 17.5 Å². The number of nitrogens with one attached hydrogen (secondary N) is 1. The van der Waals surface area contributed by atoms with Crippen molar-refractivity contribution in [2.45, 2.75) is 20.0 Å². The summed E-state index contributed by atoms with van der Waals surface area (Å²) in [4.78, 5) is 8.58. The summed E-state index contributed by atoms with van der Waals surface area (Å²) >= 11 is 1.66. The van der Waals surface area contributed by atoms with E-state index in [9.17, 15) is 0 Å². The first kappa shape index (κ1) is 11.0. The molecule has 0 saturated carbocycles. The van der Waals surface area contributed by atoms with Crippen LogP contribution in [0, 0.1) is 6.92 Å². The number of thiazole rings is 1. The summed E-state index contributed by atoms with van der Waals surface area (Å²) in [6.45, 7) is 3.43. The zero-order chi connectivity index (χ0) is 11.4. The van der Waals surface area contributed by atoms with E-state index >= 15 is 0 Å². The Bertz CT molecular complexity index is 467. The Morgan fingerprint density at radius 2 is 2.31 bits per heavy atom. The standard InChI is InChI=1S/C11H14N4S/c1-8-15-9(7-16-8)5-13-6-11-10(12)3-2-4-14-11/h2-4,7,13H,5-6,12H2,1H3. The first-order valence-corrected chi connectivity index (χ1v) is 5.95. The second-order valence-corrected chi connectivity index (χ2v) is 4.56. The number of hydrogen-bond acceptors (Lipinski definition) is 5. The van der Waals surface area contributed by atoms with Gasteiger partial charge in [-0.3, -0.25) is 4.98 Å². The highest BCUT2D eigenvalue weighted by atomic mass is 32.1. The first-order valence-electron chi connectivity index (χ1n) is 5.07. The largest absolute Gasteiger partial charge is 0.397 e. The molecule has 0 bridgehead atoms. The Kier molecular flexibility index (Phi) is 3.48. The zero-order valence-electron chi connectivity index (χ0n) is 9.10. The minimum Gasteiger partial charge on any atom is -0.397 e. The van der Waals surface area contributed by atoms with Gasteiger partial charge in [-0.1, -0.05) is 0 Å². The molecular formula is C11H14N4S. The summed E-state index contributed by atoms with van der Waals surface area (Å²) in [5, 5.41) is 6.43. The maximum Gasteiger partial charge on any atom is 0.0897 e. The van der Waals surface area contributed by atoms with Gasteiger partial charge in [0.2, 0.25) is 0 Å². The number of nitrogen functional groups attached to an aromatic ring is 1. The summed E-state index contributed by atoms with van der Waals surface area (Å²) in [7, 11) is 0. The van der Waals surface area contributed by atoms with Crippen LogP contribution < -0.4 is 11.1 Å². The molecule has 84 valence electrons. The fourth-order valence-corrected chi connectivity index (χ4v) is 2.01. The third kappa shape index (κ3) is 2.77. The molecule has 0 aliphatic heterocycles. The second kappa shape index (κ2) is 5.05. The molecule has 0 amide bonds. The van der Waals surface area contributed by atoms with Crippen LogP contribution >= 0.6 is 11.3 Å². The number of aryl methyl sites for hydroxylation is 1. The van der Waals surface area contributed by atoms with Gasteiger partial charge in [0.25, 0.3) is 0 Å². The fraction of sp³-hybridized carbons (Fsp3) is 0.273. The molecule has 0 aliphatic rings. The smallest absolute Gasteiger partial charge is 0.0897 e. The molecule has 0 aliphatic carbocycles. The fourth-order valence-electron chi connectivity index (χ4n) is 1.40. The molecule has 3 N–H and O–H groups in total. The van der Waals surface area contributed by atoms with Gasteiger partial charge in [-0.05, 0) is 19.1 Å². The number of pyridine rings is 1. The molecular weight excluding hydrogens is 220 g/mol. The molecule has 0 fully saturated rings. The van der Waals surface area contributed by atoms with Crippen LogP contribution in [-0.2, 0) is 13.1 Å². The van der Waals surface area contributed by atoms with Crippen molar-refractivity contribution in [2.24, 2.45) is 0 Å². The second-order valence-electron chi connectivity index (χ2n) is 3.50. The lowest BCUT2D eigenvalue weighted by Crippen LogP contribution is -2.15. The Morgan fingerprint density at radius 1 is 1.44 bits per heavy atom. The molecule has 0 aromatic carbocycles. The Hall–Kier alpha value is -1.46. The van der Waals surface area contributed by atoms with Crippen LogP contribution in [0.4, 0.5) is 5.69 Å². The van der Waals surface area contributed by atoms with E-state index in [-0.39, 0.29) is 0 Å². The van der Waals surface area contributed by atoms with E-state index in [1.165, 1.54) is 0 Å². The number of hydrogen-bond donors (Lipinski definition) is 2. The predicted molar refractivity (Wildman–Crippen MR) is 66.0 cm³/mol. The van der Waals surface area contributed by atoms with Crippen LogP contribution in [-0.4, -0.2) is 9.97 Å². The highest BCUT2D eigenvalue weighted by Crippen LogP contribution is 2.09. The van der Waals surface area contributed by atoms with Crippen LogP contribution in [0.2, 0.25) is 0 Å². The van der Waals surface area contributed by atoms with Crippen molar-refractivity contribution in [3.63, 3.8) is 0 Å². The predicted octanol–water partition coefficient (Wildman–Crippen LogP) is 1.72. The number of rotatable bonds is 4. The lowest BCUT2D eigenvalue weighted by molar-refractivity contribution is 0.671. The van der Waals surface area contributed by atoms with E-state index < -0.39 is 0 Å². The van der Waals surface area contributed by atoms with Gasteiger partial charge in [0.1, 0.15) is 0 Å². The van der Waals surface area contributed by atoms with E-state index in [0.29, 0.717) is 6.54 Å². The number of aromatic nitrogens is 2. The Morgan fingerprint density at radius 3 is 3.00 bits per heavy atom. The topological polar surface area (TPSA) is 63.8 Å². The maximum absolute atomic E-state index is 5.79. The van der Waals surface area contributed by atoms with Gasteiger partial charge >= 0.3 is 0 Å². The van der Waals surface area contributed by atoms with E-state index in [2.05, 4.69) is 20.7 Å². The van der Waals surface area contributed by atoms with E-state index in [1.807, 2.05) is 19.1 Å². The zero-order valence-corrected chi connectivity index (χ0v) is 9.92. The molecule has 4 nitrogen and oxygen atoms in total. The van der Waals surface area contributed by atoms with Gasteiger partial charge in [0.05, 0.1) is 22.1 Å².